The van der Waals surface area contributed by atoms with Crippen LogP contribution in [-0.2, 0) is 16.6 Å². The maximum atomic E-state index is 12.9. The number of carbonyl (C=O) groups is 1. The fourth-order valence-corrected chi connectivity index (χ4v) is 4.91. The third-order valence-corrected chi connectivity index (χ3v) is 6.72. The Kier molecular flexibility index (Phi) is 7.10. The van der Waals surface area contributed by atoms with E-state index >= 15 is 0 Å². The maximum absolute atomic E-state index is 12.9. The Morgan fingerprint density at radius 3 is 2.46 bits per heavy atom. The van der Waals surface area contributed by atoms with Gasteiger partial charge < -0.3 is 4.90 Å². The second kappa shape index (κ2) is 8.71. The van der Waals surface area contributed by atoms with Crippen molar-refractivity contribution in [2.24, 2.45) is 0 Å². The van der Waals surface area contributed by atoms with Crippen LogP contribution in [0.4, 0.5) is 0 Å². The molecular formula is C17H20Cl2N2O3S2. The van der Waals surface area contributed by atoms with E-state index in [0.717, 1.165) is 4.88 Å². The molecule has 1 aromatic carbocycles. The number of sulfonamides is 1. The highest BCUT2D eigenvalue weighted by Crippen LogP contribution is 2.26. The van der Waals surface area contributed by atoms with Gasteiger partial charge in [-0.1, -0.05) is 23.2 Å². The lowest BCUT2D eigenvalue weighted by atomic mass is 10.2. The highest BCUT2D eigenvalue weighted by Gasteiger charge is 2.22. The lowest BCUT2D eigenvalue weighted by molar-refractivity contribution is 0.0754. The van der Waals surface area contributed by atoms with Gasteiger partial charge in [-0.05, 0) is 51.1 Å². The summed E-state index contributed by atoms with van der Waals surface area (Å²) in [6, 6.07) is 7.51. The minimum atomic E-state index is -3.72. The average molecular weight is 435 g/mol. The number of carbonyl (C=O) groups excluding carboxylic acids is 1. The first-order valence-electron chi connectivity index (χ1n) is 7.99. The summed E-state index contributed by atoms with van der Waals surface area (Å²) in [5.41, 5.74) is 0.155. The van der Waals surface area contributed by atoms with Crippen molar-refractivity contribution in [3.05, 3.63) is 50.1 Å². The minimum absolute atomic E-state index is 0.00849. The van der Waals surface area contributed by atoms with Crippen molar-refractivity contribution in [1.29, 1.82) is 0 Å². The van der Waals surface area contributed by atoms with Gasteiger partial charge in [-0.3, -0.25) is 4.79 Å². The Labute approximate surface area is 168 Å². The van der Waals surface area contributed by atoms with Gasteiger partial charge >= 0.3 is 0 Å². The molecule has 0 saturated carbocycles. The first-order valence-corrected chi connectivity index (χ1v) is 11.0. The zero-order valence-electron chi connectivity index (χ0n) is 14.6. The molecule has 142 valence electrons. The third-order valence-electron chi connectivity index (χ3n) is 3.51. The van der Waals surface area contributed by atoms with Gasteiger partial charge in [0.1, 0.15) is 0 Å². The van der Waals surface area contributed by atoms with Crippen molar-refractivity contribution in [2.45, 2.75) is 38.3 Å². The van der Waals surface area contributed by atoms with E-state index in [9.17, 15) is 13.2 Å². The zero-order chi connectivity index (χ0) is 19.5. The van der Waals surface area contributed by atoms with E-state index < -0.39 is 10.0 Å². The van der Waals surface area contributed by atoms with E-state index in [-0.39, 0.29) is 27.4 Å². The van der Waals surface area contributed by atoms with Crippen molar-refractivity contribution in [1.82, 2.24) is 9.62 Å². The summed E-state index contributed by atoms with van der Waals surface area (Å²) < 4.78 is 27.9. The first-order chi connectivity index (χ1) is 12.1. The summed E-state index contributed by atoms with van der Waals surface area (Å²) in [4.78, 5) is 15.4. The average Bonchev–Trinajstić information content (AvgIpc) is 2.96. The normalized spacial score (nSPS) is 11.8. The molecule has 2 rings (SSSR count). The fourth-order valence-electron chi connectivity index (χ4n) is 2.34. The Bertz CT molecular complexity index is 895. The Balaban J connectivity index is 2.33. The van der Waals surface area contributed by atoms with Crippen LogP contribution in [0.1, 0.15) is 36.0 Å². The van der Waals surface area contributed by atoms with Crippen LogP contribution in [0.15, 0.2) is 35.2 Å². The van der Waals surface area contributed by atoms with Gasteiger partial charge in [-0.15, -0.1) is 11.3 Å². The lowest BCUT2D eigenvalue weighted by Crippen LogP contribution is -2.32. The molecule has 26 heavy (non-hydrogen) atoms. The standard InChI is InChI=1S/C17H20Cl2N2O3S2/c1-4-21(10-12-5-8-16(19)25-12)17(22)14-9-13(6-7-15(14)18)26(23,24)20-11(2)3/h5-9,11,20H,4,10H2,1-3H3. The van der Waals surface area contributed by atoms with Crippen molar-refractivity contribution in [3.8, 4) is 0 Å². The van der Waals surface area contributed by atoms with E-state index in [4.69, 9.17) is 23.2 Å². The molecule has 1 N–H and O–H groups in total. The molecule has 0 atom stereocenters. The molecule has 0 unspecified atom stereocenters. The minimum Gasteiger partial charge on any atom is -0.334 e. The number of hydrogen-bond donors (Lipinski definition) is 1. The topological polar surface area (TPSA) is 66.5 Å². The van der Waals surface area contributed by atoms with Gasteiger partial charge in [0.05, 0.1) is 26.4 Å². The number of nitrogens with zero attached hydrogens (tertiary/aromatic N) is 1. The Morgan fingerprint density at radius 2 is 1.92 bits per heavy atom. The maximum Gasteiger partial charge on any atom is 0.255 e. The van der Waals surface area contributed by atoms with E-state index in [1.165, 1.54) is 29.5 Å². The molecule has 0 aliphatic heterocycles. The summed E-state index contributed by atoms with van der Waals surface area (Å²) in [6.45, 7) is 6.13. The molecule has 1 aromatic heterocycles. The van der Waals surface area contributed by atoms with Crippen LogP contribution in [0.2, 0.25) is 9.36 Å². The monoisotopic (exact) mass is 434 g/mol. The predicted octanol–water partition coefficient (Wildman–Crippen LogP) is 4.40. The van der Waals surface area contributed by atoms with Crippen LogP contribution in [-0.4, -0.2) is 31.8 Å². The van der Waals surface area contributed by atoms with Gasteiger partial charge in [-0.2, -0.15) is 0 Å². The number of benzene rings is 1. The highest BCUT2D eigenvalue weighted by atomic mass is 35.5. The summed E-state index contributed by atoms with van der Waals surface area (Å²) >= 11 is 13.5. The summed E-state index contributed by atoms with van der Waals surface area (Å²) in [5, 5.41) is 0.209. The molecule has 0 fully saturated rings. The Hall–Kier alpha value is -1.12. The van der Waals surface area contributed by atoms with Gasteiger partial charge in [0, 0.05) is 17.5 Å². The molecule has 5 nitrogen and oxygen atoms in total. The van der Waals surface area contributed by atoms with E-state index in [2.05, 4.69) is 4.72 Å². The lowest BCUT2D eigenvalue weighted by Gasteiger charge is -2.21. The largest absolute Gasteiger partial charge is 0.334 e. The van der Waals surface area contributed by atoms with Crippen LogP contribution < -0.4 is 4.72 Å². The fraction of sp³-hybridized carbons (Fsp3) is 0.353. The van der Waals surface area contributed by atoms with Crippen molar-refractivity contribution >= 4 is 50.5 Å². The Morgan fingerprint density at radius 1 is 1.23 bits per heavy atom. The number of amides is 1. The van der Waals surface area contributed by atoms with Crippen LogP contribution in [0.25, 0.3) is 0 Å². The number of rotatable bonds is 7. The molecular weight excluding hydrogens is 415 g/mol. The number of thiophene rings is 1. The third kappa shape index (κ3) is 5.20. The predicted molar refractivity (Wildman–Crippen MR) is 107 cm³/mol. The molecule has 0 saturated heterocycles. The van der Waals surface area contributed by atoms with Crippen molar-refractivity contribution in [2.75, 3.05) is 6.54 Å². The number of halogens is 2. The zero-order valence-corrected chi connectivity index (χ0v) is 17.8. The number of nitrogens with one attached hydrogen (secondary N) is 1. The van der Waals surface area contributed by atoms with E-state index in [0.29, 0.717) is 17.4 Å². The first kappa shape index (κ1) is 21.2. The molecule has 0 bridgehead atoms. The second-order valence-corrected chi connectivity index (χ2v) is 9.86. The summed E-state index contributed by atoms with van der Waals surface area (Å²) in [5.74, 6) is -0.330. The molecule has 0 spiro atoms. The van der Waals surface area contributed by atoms with Crippen LogP contribution in [0.3, 0.4) is 0 Å². The summed E-state index contributed by atoms with van der Waals surface area (Å²) in [6.07, 6.45) is 0. The van der Waals surface area contributed by atoms with Crippen molar-refractivity contribution in [3.63, 3.8) is 0 Å². The van der Waals surface area contributed by atoms with Gasteiger partial charge in [0.2, 0.25) is 10.0 Å². The highest BCUT2D eigenvalue weighted by molar-refractivity contribution is 7.89. The number of hydrogen-bond acceptors (Lipinski definition) is 4. The molecule has 1 amide bonds. The molecule has 0 aliphatic carbocycles. The second-order valence-electron chi connectivity index (χ2n) is 5.94. The van der Waals surface area contributed by atoms with Gasteiger partial charge in [0.15, 0.2) is 0 Å². The van der Waals surface area contributed by atoms with Gasteiger partial charge in [0.25, 0.3) is 5.91 Å². The van der Waals surface area contributed by atoms with Crippen molar-refractivity contribution < 1.29 is 13.2 Å². The van der Waals surface area contributed by atoms with Crippen LogP contribution >= 0.6 is 34.5 Å². The van der Waals surface area contributed by atoms with Crippen LogP contribution in [0, 0.1) is 0 Å². The molecule has 0 radical (unpaired) electrons. The quantitative estimate of drug-likeness (QED) is 0.701. The van der Waals surface area contributed by atoms with Crippen LogP contribution in [0.5, 0.6) is 0 Å². The SMILES string of the molecule is CCN(Cc1ccc(Cl)s1)C(=O)c1cc(S(=O)(=O)NC(C)C)ccc1Cl. The summed E-state index contributed by atoms with van der Waals surface area (Å²) in [7, 11) is -3.72. The van der Waals surface area contributed by atoms with E-state index in [1.807, 2.05) is 13.0 Å². The molecule has 9 heteroatoms. The van der Waals surface area contributed by atoms with E-state index in [1.54, 1.807) is 24.8 Å². The molecule has 1 heterocycles. The smallest absolute Gasteiger partial charge is 0.255 e. The molecule has 2 aromatic rings. The van der Waals surface area contributed by atoms with Gasteiger partial charge in [-0.25, -0.2) is 13.1 Å². The molecule has 0 aliphatic rings.